The van der Waals surface area contributed by atoms with Gasteiger partial charge in [-0.25, -0.2) is 4.98 Å². The fourth-order valence-corrected chi connectivity index (χ4v) is 3.33. The average molecular weight is 407 g/mol. The van der Waals surface area contributed by atoms with Crippen LogP contribution in [0.1, 0.15) is 30.5 Å². The van der Waals surface area contributed by atoms with Crippen LogP contribution in [0.15, 0.2) is 42.6 Å². The number of aromatic nitrogens is 1. The lowest BCUT2D eigenvalue weighted by molar-refractivity contribution is -0.137. The minimum Gasteiger partial charge on any atom is -0.372 e. The maximum atomic E-state index is 12.6. The molecule has 156 valence electrons. The second kappa shape index (κ2) is 8.82. The molecule has 0 bridgehead atoms. The van der Waals surface area contributed by atoms with E-state index >= 15 is 0 Å². The van der Waals surface area contributed by atoms with Crippen molar-refractivity contribution in [1.82, 2.24) is 10.3 Å². The van der Waals surface area contributed by atoms with Crippen LogP contribution >= 0.6 is 0 Å². The van der Waals surface area contributed by atoms with Gasteiger partial charge < -0.3 is 15.0 Å². The maximum absolute atomic E-state index is 12.6. The Balaban J connectivity index is 1.50. The van der Waals surface area contributed by atoms with Gasteiger partial charge in [0.15, 0.2) is 0 Å². The highest BCUT2D eigenvalue weighted by atomic mass is 19.4. The number of amides is 1. The Kier molecular flexibility index (Phi) is 6.42. The summed E-state index contributed by atoms with van der Waals surface area (Å²) in [6, 6.07) is 8.44. The smallest absolute Gasteiger partial charge is 0.372 e. The van der Waals surface area contributed by atoms with Crippen LogP contribution in [0.5, 0.6) is 0 Å². The van der Waals surface area contributed by atoms with Gasteiger partial charge in [0.2, 0.25) is 5.91 Å². The molecular weight excluding hydrogens is 383 g/mol. The van der Waals surface area contributed by atoms with E-state index in [0.717, 1.165) is 36.6 Å². The van der Waals surface area contributed by atoms with E-state index in [-0.39, 0.29) is 24.5 Å². The van der Waals surface area contributed by atoms with Gasteiger partial charge in [0.25, 0.3) is 0 Å². The van der Waals surface area contributed by atoms with E-state index in [9.17, 15) is 18.0 Å². The fraction of sp³-hybridized carbons (Fsp3) is 0.429. The lowest BCUT2D eigenvalue weighted by Gasteiger charge is -2.36. The molecule has 1 N–H and O–H groups in total. The standard InChI is InChI=1S/C21H24F3N3O2/c1-14-12-27(13-15(2)29-14)19-8-5-17(10-25-19)11-26-20(28)9-16-3-6-18(7-4-16)21(22,23)24/h3-8,10,14-15H,9,11-13H2,1-2H3,(H,26,28). The van der Waals surface area contributed by atoms with Gasteiger partial charge in [0, 0.05) is 25.8 Å². The molecule has 0 aliphatic carbocycles. The summed E-state index contributed by atoms with van der Waals surface area (Å²) in [5.41, 5.74) is 0.653. The number of nitrogens with one attached hydrogen (secondary N) is 1. The molecule has 0 saturated carbocycles. The minimum absolute atomic E-state index is 0.0210. The number of carbonyl (C=O) groups is 1. The van der Waals surface area contributed by atoms with Crippen molar-refractivity contribution in [3.63, 3.8) is 0 Å². The van der Waals surface area contributed by atoms with Crippen LogP contribution in [0, 0.1) is 0 Å². The van der Waals surface area contributed by atoms with Crippen molar-refractivity contribution in [2.45, 2.75) is 45.2 Å². The molecular formula is C21H24F3N3O2. The van der Waals surface area contributed by atoms with Gasteiger partial charge in [-0.3, -0.25) is 4.79 Å². The Morgan fingerprint density at radius 3 is 2.28 bits per heavy atom. The summed E-state index contributed by atoms with van der Waals surface area (Å²) in [5.74, 6) is 0.608. The molecule has 3 rings (SSSR count). The normalized spacial score (nSPS) is 19.8. The first-order valence-corrected chi connectivity index (χ1v) is 9.49. The Morgan fingerprint density at radius 2 is 1.72 bits per heavy atom. The summed E-state index contributed by atoms with van der Waals surface area (Å²) < 4.78 is 43.5. The molecule has 1 amide bonds. The quantitative estimate of drug-likeness (QED) is 0.823. The monoisotopic (exact) mass is 407 g/mol. The Morgan fingerprint density at radius 1 is 1.10 bits per heavy atom. The molecule has 0 radical (unpaired) electrons. The van der Waals surface area contributed by atoms with Crippen molar-refractivity contribution in [2.75, 3.05) is 18.0 Å². The van der Waals surface area contributed by atoms with Crippen LogP contribution < -0.4 is 10.2 Å². The fourth-order valence-electron chi connectivity index (χ4n) is 3.33. The van der Waals surface area contributed by atoms with Crippen LogP contribution in [-0.4, -0.2) is 36.2 Å². The van der Waals surface area contributed by atoms with Crippen LogP contribution in [-0.2, 0) is 28.7 Å². The molecule has 2 atom stereocenters. The second-order valence-electron chi connectivity index (χ2n) is 7.34. The maximum Gasteiger partial charge on any atom is 0.416 e. The zero-order valence-electron chi connectivity index (χ0n) is 16.4. The van der Waals surface area contributed by atoms with E-state index in [1.165, 1.54) is 12.1 Å². The first-order chi connectivity index (χ1) is 13.7. The van der Waals surface area contributed by atoms with Gasteiger partial charge in [0.05, 0.1) is 24.2 Å². The van der Waals surface area contributed by atoms with Gasteiger partial charge in [-0.2, -0.15) is 13.2 Å². The van der Waals surface area contributed by atoms with Crippen molar-refractivity contribution in [2.24, 2.45) is 0 Å². The Bertz CT molecular complexity index is 813. The number of halogens is 3. The lowest BCUT2D eigenvalue weighted by Crippen LogP contribution is -2.45. The van der Waals surface area contributed by atoms with E-state index in [1.807, 2.05) is 26.0 Å². The lowest BCUT2D eigenvalue weighted by atomic mass is 10.1. The first-order valence-electron chi connectivity index (χ1n) is 9.49. The third-order valence-electron chi connectivity index (χ3n) is 4.69. The molecule has 2 unspecified atom stereocenters. The first kappa shape index (κ1) is 21.1. The summed E-state index contributed by atoms with van der Waals surface area (Å²) in [6.07, 6.45) is -2.35. The molecule has 0 spiro atoms. The largest absolute Gasteiger partial charge is 0.416 e. The van der Waals surface area contributed by atoms with Gasteiger partial charge in [-0.1, -0.05) is 18.2 Å². The molecule has 1 aliphatic heterocycles. The van der Waals surface area contributed by atoms with Crippen LogP contribution in [0.2, 0.25) is 0 Å². The second-order valence-corrected chi connectivity index (χ2v) is 7.34. The number of alkyl halides is 3. The topological polar surface area (TPSA) is 54.5 Å². The predicted molar refractivity (Wildman–Crippen MR) is 103 cm³/mol. The molecule has 1 aromatic carbocycles. The minimum atomic E-state index is -4.38. The Labute approximate surface area is 167 Å². The van der Waals surface area contributed by atoms with Gasteiger partial charge in [-0.05, 0) is 43.2 Å². The summed E-state index contributed by atoms with van der Waals surface area (Å²) in [7, 11) is 0. The molecule has 1 saturated heterocycles. The molecule has 8 heteroatoms. The van der Waals surface area contributed by atoms with Crippen molar-refractivity contribution in [3.05, 3.63) is 59.3 Å². The number of hydrogen-bond acceptors (Lipinski definition) is 4. The third kappa shape index (κ3) is 5.93. The van der Waals surface area contributed by atoms with Crippen molar-refractivity contribution in [1.29, 1.82) is 0 Å². The number of nitrogens with zero attached hydrogens (tertiary/aromatic N) is 2. The van der Waals surface area contributed by atoms with Gasteiger partial charge in [0.1, 0.15) is 5.82 Å². The molecule has 1 aromatic heterocycles. The van der Waals surface area contributed by atoms with Crippen LogP contribution in [0.25, 0.3) is 0 Å². The number of benzene rings is 1. The van der Waals surface area contributed by atoms with E-state index in [0.29, 0.717) is 12.1 Å². The molecule has 1 fully saturated rings. The molecule has 1 aliphatic rings. The third-order valence-corrected chi connectivity index (χ3v) is 4.69. The van der Waals surface area contributed by atoms with E-state index in [1.54, 1.807) is 6.20 Å². The van der Waals surface area contributed by atoms with Crippen molar-refractivity contribution in [3.8, 4) is 0 Å². The summed E-state index contributed by atoms with van der Waals surface area (Å²) in [4.78, 5) is 18.7. The molecule has 2 heterocycles. The summed E-state index contributed by atoms with van der Waals surface area (Å²) in [5, 5.41) is 2.77. The van der Waals surface area contributed by atoms with E-state index in [4.69, 9.17) is 4.74 Å². The summed E-state index contributed by atoms with van der Waals surface area (Å²) in [6.45, 7) is 5.93. The number of ether oxygens (including phenoxy) is 1. The average Bonchev–Trinajstić information content (AvgIpc) is 2.66. The zero-order chi connectivity index (χ0) is 21.0. The van der Waals surface area contributed by atoms with Gasteiger partial charge in [-0.15, -0.1) is 0 Å². The number of anilines is 1. The van der Waals surface area contributed by atoms with Gasteiger partial charge >= 0.3 is 6.18 Å². The van der Waals surface area contributed by atoms with Crippen LogP contribution in [0.4, 0.5) is 19.0 Å². The predicted octanol–water partition coefficient (Wildman–Crippen LogP) is 3.57. The Hall–Kier alpha value is -2.61. The highest BCUT2D eigenvalue weighted by Crippen LogP contribution is 2.29. The van der Waals surface area contributed by atoms with Crippen molar-refractivity contribution < 1.29 is 22.7 Å². The SMILES string of the molecule is CC1CN(c2ccc(CNC(=O)Cc3ccc(C(F)(F)F)cc3)cn2)CC(C)O1. The van der Waals surface area contributed by atoms with Crippen molar-refractivity contribution >= 4 is 11.7 Å². The number of hydrogen-bond donors (Lipinski definition) is 1. The van der Waals surface area contributed by atoms with E-state index < -0.39 is 11.7 Å². The summed E-state index contributed by atoms with van der Waals surface area (Å²) >= 11 is 0. The highest BCUT2D eigenvalue weighted by Gasteiger charge is 2.30. The van der Waals surface area contributed by atoms with Crippen LogP contribution in [0.3, 0.4) is 0 Å². The highest BCUT2D eigenvalue weighted by molar-refractivity contribution is 5.78. The zero-order valence-corrected chi connectivity index (χ0v) is 16.4. The molecule has 29 heavy (non-hydrogen) atoms. The number of carbonyl (C=O) groups excluding carboxylic acids is 1. The molecule has 5 nitrogen and oxygen atoms in total. The number of pyridine rings is 1. The number of morpholine rings is 1. The number of rotatable bonds is 5. The molecule has 2 aromatic rings. The van der Waals surface area contributed by atoms with E-state index in [2.05, 4.69) is 15.2 Å².